The standard InChI is InChI=1S/C15H8Cl2O2/c16-9-5-4-8-6-12-10(2-1-3-13(12)17)14(15(18)19)11(8)7-9/h1-7H,(H,18,19). The first-order valence-electron chi connectivity index (χ1n) is 5.62. The van der Waals surface area contributed by atoms with Crippen molar-refractivity contribution in [2.75, 3.05) is 0 Å². The van der Waals surface area contributed by atoms with Gasteiger partial charge in [0.25, 0.3) is 0 Å². The van der Waals surface area contributed by atoms with Gasteiger partial charge in [0.2, 0.25) is 0 Å². The lowest BCUT2D eigenvalue weighted by Crippen LogP contribution is -1.99. The molecule has 3 aromatic rings. The zero-order valence-electron chi connectivity index (χ0n) is 9.65. The Morgan fingerprint density at radius 1 is 0.947 bits per heavy atom. The van der Waals surface area contributed by atoms with Crippen LogP contribution in [0.25, 0.3) is 21.5 Å². The minimum absolute atomic E-state index is 0.234. The number of hydrogen-bond donors (Lipinski definition) is 1. The Balaban J connectivity index is 2.62. The van der Waals surface area contributed by atoms with E-state index in [1.807, 2.05) is 6.07 Å². The van der Waals surface area contributed by atoms with Crippen molar-refractivity contribution in [1.82, 2.24) is 0 Å². The van der Waals surface area contributed by atoms with Crippen LogP contribution in [0.4, 0.5) is 0 Å². The maximum atomic E-state index is 11.6. The average Bonchev–Trinajstić information content (AvgIpc) is 2.36. The maximum absolute atomic E-state index is 11.6. The number of aromatic carboxylic acids is 1. The molecule has 2 nitrogen and oxygen atoms in total. The summed E-state index contributed by atoms with van der Waals surface area (Å²) in [5, 5.41) is 13.3. The predicted molar refractivity (Wildman–Crippen MR) is 78.4 cm³/mol. The lowest BCUT2D eigenvalue weighted by Gasteiger charge is -2.09. The topological polar surface area (TPSA) is 37.3 Å². The second kappa shape index (κ2) is 4.41. The van der Waals surface area contributed by atoms with Crippen LogP contribution < -0.4 is 0 Å². The van der Waals surface area contributed by atoms with Crippen LogP contribution in [0.2, 0.25) is 10.0 Å². The summed E-state index contributed by atoms with van der Waals surface area (Å²) in [5.74, 6) is -0.986. The monoisotopic (exact) mass is 290 g/mol. The number of carbonyl (C=O) groups is 1. The predicted octanol–water partition coefficient (Wildman–Crippen LogP) is 5.00. The van der Waals surface area contributed by atoms with Gasteiger partial charge in [-0.3, -0.25) is 0 Å². The van der Waals surface area contributed by atoms with Gasteiger partial charge in [-0.15, -0.1) is 0 Å². The summed E-state index contributed by atoms with van der Waals surface area (Å²) in [6.07, 6.45) is 0. The van der Waals surface area contributed by atoms with E-state index in [1.165, 1.54) is 0 Å². The fourth-order valence-electron chi connectivity index (χ4n) is 2.30. The summed E-state index contributed by atoms with van der Waals surface area (Å²) < 4.78 is 0. The summed E-state index contributed by atoms with van der Waals surface area (Å²) in [6.45, 7) is 0. The Kier molecular flexibility index (Phi) is 2.85. The van der Waals surface area contributed by atoms with E-state index >= 15 is 0 Å². The minimum atomic E-state index is -0.986. The van der Waals surface area contributed by atoms with E-state index in [1.54, 1.807) is 36.4 Å². The van der Waals surface area contributed by atoms with Crippen LogP contribution in [0.5, 0.6) is 0 Å². The molecule has 4 heteroatoms. The van der Waals surface area contributed by atoms with Gasteiger partial charge < -0.3 is 5.11 Å². The number of fused-ring (bicyclic) bond motifs is 2. The van der Waals surface area contributed by atoms with Crippen LogP contribution in [0, 0.1) is 0 Å². The third kappa shape index (κ3) is 1.93. The zero-order valence-corrected chi connectivity index (χ0v) is 11.2. The second-order valence-corrected chi connectivity index (χ2v) is 5.10. The molecule has 0 radical (unpaired) electrons. The normalized spacial score (nSPS) is 11.1. The summed E-state index contributed by atoms with van der Waals surface area (Å²) >= 11 is 12.1. The van der Waals surface area contributed by atoms with E-state index in [2.05, 4.69) is 0 Å². The first-order chi connectivity index (χ1) is 9.08. The number of carboxylic acids is 1. The molecule has 0 bridgehead atoms. The molecule has 3 aromatic carbocycles. The van der Waals surface area contributed by atoms with Crippen molar-refractivity contribution in [2.45, 2.75) is 0 Å². The van der Waals surface area contributed by atoms with E-state index in [0.29, 0.717) is 20.8 Å². The molecule has 0 unspecified atom stereocenters. The maximum Gasteiger partial charge on any atom is 0.336 e. The number of rotatable bonds is 1. The van der Waals surface area contributed by atoms with Gasteiger partial charge in [-0.2, -0.15) is 0 Å². The molecule has 0 saturated heterocycles. The molecule has 0 aromatic heterocycles. The summed E-state index contributed by atoms with van der Waals surface area (Å²) in [5.41, 5.74) is 0.234. The Morgan fingerprint density at radius 3 is 2.47 bits per heavy atom. The van der Waals surface area contributed by atoms with E-state index in [-0.39, 0.29) is 5.56 Å². The first kappa shape index (κ1) is 12.3. The molecule has 0 fully saturated rings. The van der Waals surface area contributed by atoms with Crippen LogP contribution in [0.15, 0.2) is 42.5 Å². The van der Waals surface area contributed by atoms with Gasteiger partial charge >= 0.3 is 5.97 Å². The van der Waals surface area contributed by atoms with Crippen molar-refractivity contribution in [1.29, 1.82) is 0 Å². The number of hydrogen-bond acceptors (Lipinski definition) is 1. The third-order valence-corrected chi connectivity index (χ3v) is 3.69. The lowest BCUT2D eigenvalue weighted by molar-refractivity contribution is 0.0701. The van der Waals surface area contributed by atoms with Crippen LogP contribution in [0.1, 0.15) is 10.4 Å². The van der Waals surface area contributed by atoms with Gasteiger partial charge in [0.1, 0.15) is 0 Å². The molecule has 0 spiro atoms. The lowest BCUT2D eigenvalue weighted by atomic mass is 9.97. The highest BCUT2D eigenvalue weighted by molar-refractivity contribution is 6.37. The van der Waals surface area contributed by atoms with Crippen LogP contribution >= 0.6 is 23.2 Å². The largest absolute Gasteiger partial charge is 0.478 e. The van der Waals surface area contributed by atoms with Crippen molar-refractivity contribution in [3.63, 3.8) is 0 Å². The molecule has 0 heterocycles. The first-order valence-corrected chi connectivity index (χ1v) is 6.37. The fraction of sp³-hybridized carbons (Fsp3) is 0. The van der Waals surface area contributed by atoms with Crippen molar-refractivity contribution in [3.8, 4) is 0 Å². The number of carboxylic acid groups (broad SMARTS) is 1. The zero-order chi connectivity index (χ0) is 13.6. The molecule has 0 atom stereocenters. The van der Waals surface area contributed by atoms with Crippen molar-refractivity contribution >= 4 is 50.7 Å². The Bertz CT molecular complexity index is 821. The molecule has 3 rings (SSSR count). The van der Waals surface area contributed by atoms with Crippen molar-refractivity contribution < 1.29 is 9.90 Å². The molecule has 0 amide bonds. The Morgan fingerprint density at radius 2 is 1.74 bits per heavy atom. The van der Waals surface area contributed by atoms with Gasteiger partial charge in [0.05, 0.1) is 5.56 Å². The van der Waals surface area contributed by atoms with Gasteiger partial charge in [-0.05, 0) is 40.4 Å². The number of halogens is 2. The van der Waals surface area contributed by atoms with Crippen molar-refractivity contribution in [2.24, 2.45) is 0 Å². The Hall–Kier alpha value is -1.77. The fourth-order valence-corrected chi connectivity index (χ4v) is 2.70. The van der Waals surface area contributed by atoms with Crippen molar-refractivity contribution in [3.05, 3.63) is 58.1 Å². The molecule has 19 heavy (non-hydrogen) atoms. The molecule has 0 aliphatic rings. The van der Waals surface area contributed by atoms with Gasteiger partial charge in [-0.25, -0.2) is 4.79 Å². The van der Waals surface area contributed by atoms with Crippen LogP contribution in [-0.4, -0.2) is 11.1 Å². The summed E-state index contributed by atoms with van der Waals surface area (Å²) in [6, 6.07) is 12.3. The average molecular weight is 291 g/mol. The minimum Gasteiger partial charge on any atom is -0.478 e. The Labute approximate surface area is 119 Å². The van der Waals surface area contributed by atoms with E-state index in [0.717, 1.165) is 10.8 Å². The molecule has 0 aliphatic heterocycles. The van der Waals surface area contributed by atoms with E-state index < -0.39 is 5.97 Å². The smallest absolute Gasteiger partial charge is 0.336 e. The SMILES string of the molecule is O=C(O)c1c2cc(Cl)ccc2cc2c(Cl)cccc12. The highest BCUT2D eigenvalue weighted by Crippen LogP contribution is 2.33. The highest BCUT2D eigenvalue weighted by Gasteiger charge is 2.15. The second-order valence-electron chi connectivity index (χ2n) is 4.26. The molecular formula is C15H8Cl2O2. The molecule has 94 valence electrons. The van der Waals surface area contributed by atoms with E-state index in [9.17, 15) is 9.90 Å². The van der Waals surface area contributed by atoms with Gasteiger partial charge in [-0.1, -0.05) is 41.4 Å². The van der Waals surface area contributed by atoms with Crippen LogP contribution in [0.3, 0.4) is 0 Å². The summed E-state index contributed by atoms with van der Waals surface area (Å²) in [7, 11) is 0. The van der Waals surface area contributed by atoms with Crippen LogP contribution in [-0.2, 0) is 0 Å². The quantitative estimate of drug-likeness (QED) is 0.641. The van der Waals surface area contributed by atoms with Gasteiger partial charge in [0, 0.05) is 15.4 Å². The van der Waals surface area contributed by atoms with E-state index in [4.69, 9.17) is 23.2 Å². The molecular weight excluding hydrogens is 283 g/mol. The number of benzene rings is 3. The molecule has 1 N–H and O–H groups in total. The molecule has 0 saturated carbocycles. The molecule has 0 aliphatic carbocycles. The van der Waals surface area contributed by atoms with Gasteiger partial charge in [0.15, 0.2) is 0 Å². The third-order valence-electron chi connectivity index (χ3n) is 3.12. The summed E-state index contributed by atoms with van der Waals surface area (Å²) in [4.78, 5) is 11.6. The highest BCUT2D eigenvalue weighted by atomic mass is 35.5.